The average molecular weight is 439 g/mol. The standard InChI is InChI=1S/C21H34N4O6/c1-20(2,3)31-19(30)25-9-11-13(21(11,4)5)14(25)18(29)24-12(15(26)16(22)27)8-10-6-7-23-17(10)28/h10-15,26H,6-9H2,1-5H3,(H2,22,27)(H,23,28)(H,24,29)/t10-,11-,12?,13-,14-,15?/m0/s1. The number of hydrogen-bond acceptors (Lipinski definition) is 6. The highest BCUT2D eigenvalue weighted by atomic mass is 16.6. The first-order valence-electron chi connectivity index (χ1n) is 10.8. The van der Waals surface area contributed by atoms with Gasteiger partial charge >= 0.3 is 6.09 Å². The van der Waals surface area contributed by atoms with Gasteiger partial charge in [-0.2, -0.15) is 0 Å². The van der Waals surface area contributed by atoms with Crippen molar-refractivity contribution in [3.05, 3.63) is 0 Å². The number of nitrogens with zero attached hydrogens (tertiary/aromatic N) is 1. The Morgan fingerprint density at radius 3 is 2.52 bits per heavy atom. The van der Waals surface area contributed by atoms with Gasteiger partial charge in [0.05, 0.1) is 6.04 Å². The van der Waals surface area contributed by atoms with Gasteiger partial charge in [0.2, 0.25) is 17.7 Å². The van der Waals surface area contributed by atoms with Gasteiger partial charge in [-0.05, 0) is 50.9 Å². The molecule has 0 bridgehead atoms. The molecular weight excluding hydrogens is 404 g/mol. The third-order valence-corrected chi connectivity index (χ3v) is 6.81. The summed E-state index contributed by atoms with van der Waals surface area (Å²) in [5.41, 5.74) is 4.46. The van der Waals surface area contributed by atoms with Gasteiger partial charge in [-0.15, -0.1) is 0 Å². The van der Waals surface area contributed by atoms with Crippen LogP contribution in [0.1, 0.15) is 47.5 Å². The van der Waals surface area contributed by atoms with Crippen LogP contribution in [0, 0.1) is 23.2 Å². The molecule has 5 N–H and O–H groups in total. The van der Waals surface area contributed by atoms with E-state index in [0.717, 1.165) is 0 Å². The second-order valence-electron chi connectivity index (χ2n) is 10.5. The van der Waals surface area contributed by atoms with Gasteiger partial charge in [0.1, 0.15) is 11.6 Å². The highest BCUT2D eigenvalue weighted by Gasteiger charge is 2.69. The van der Waals surface area contributed by atoms with Gasteiger partial charge < -0.3 is 26.2 Å². The summed E-state index contributed by atoms with van der Waals surface area (Å²) in [4.78, 5) is 51.1. The van der Waals surface area contributed by atoms with Crippen LogP contribution in [0.2, 0.25) is 0 Å². The third-order valence-electron chi connectivity index (χ3n) is 6.81. The molecule has 0 aromatic carbocycles. The van der Waals surface area contributed by atoms with Gasteiger partial charge in [-0.1, -0.05) is 13.8 Å². The van der Waals surface area contributed by atoms with E-state index in [4.69, 9.17) is 10.5 Å². The van der Waals surface area contributed by atoms with E-state index < -0.39 is 47.6 Å². The molecule has 2 aliphatic heterocycles. The SMILES string of the molecule is CC(C)(C)OC(=O)N1C[C@H]2[C@@H]([C@H]1C(=O)NC(C[C@@H]1CCNC1=O)C(O)C(N)=O)C2(C)C. The Hall–Kier alpha value is -2.36. The number of nitrogens with two attached hydrogens (primary N) is 1. The molecule has 1 saturated carbocycles. The summed E-state index contributed by atoms with van der Waals surface area (Å²) in [5.74, 6) is -1.97. The van der Waals surface area contributed by atoms with Crippen molar-refractivity contribution in [1.29, 1.82) is 0 Å². The fourth-order valence-corrected chi connectivity index (χ4v) is 5.00. The van der Waals surface area contributed by atoms with Crippen molar-refractivity contribution in [1.82, 2.24) is 15.5 Å². The molecular formula is C21H34N4O6. The van der Waals surface area contributed by atoms with Crippen molar-refractivity contribution in [2.24, 2.45) is 28.9 Å². The van der Waals surface area contributed by atoms with Crippen molar-refractivity contribution >= 4 is 23.8 Å². The lowest BCUT2D eigenvalue weighted by Gasteiger charge is -2.33. The van der Waals surface area contributed by atoms with Crippen molar-refractivity contribution in [3.8, 4) is 0 Å². The number of rotatable bonds is 6. The molecule has 2 heterocycles. The molecule has 6 atom stereocenters. The van der Waals surface area contributed by atoms with Crippen LogP contribution in [0.3, 0.4) is 0 Å². The van der Waals surface area contributed by atoms with E-state index in [1.165, 1.54) is 4.90 Å². The Morgan fingerprint density at radius 2 is 2.00 bits per heavy atom. The van der Waals surface area contributed by atoms with E-state index >= 15 is 0 Å². The molecule has 1 aliphatic carbocycles. The lowest BCUT2D eigenvalue weighted by atomic mass is 9.93. The first kappa shape index (κ1) is 23.3. The summed E-state index contributed by atoms with van der Waals surface area (Å²) in [6, 6.07) is -1.81. The van der Waals surface area contributed by atoms with Crippen LogP contribution in [0.4, 0.5) is 4.79 Å². The molecule has 4 amide bonds. The molecule has 174 valence electrons. The van der Waals surface area contributed by atoms with E-state index in [9.17, 15) is 24.3 Å². The molecule has 2 saturated heterocycles. The first-order valence-corrected chi connectivity index (χ1v) is 10.8. The summed E-state index contributed by atoms with van der Waals surface area (Å²) in [6.07, 6.45) is -1.59. The van der Waals surface area contributed by atoms with Crippen LogP contribution in [-0.2, 0) is 19.1 Å². The molecule has 0 aromatic rings. The number of likely N-dealkylation sites (tertiary alicyclic amines) is 1. The first-order chi connectivity index (χ1) is 14.2. The Morgan fingerprint density at radius 1 is 1.35 bits per heavy atom. The van der Waals surface area contributed by atoms with Crippen LogP contribution in [0.15, 0.2) is 0 Å². The number of nitrogens with one attached hydrogen (secondary N) is 2. The molecule has 3 aliphatic rings. The summed E-state index contributed by atoms with van der Waals surface area (Å²) in [5, 5.41) is 15.7. The van der Waals surface area contributed by atoms with E-state index in [0.29, 0.717) is 19.5 Å². The normalized spacial score (nSPS) is 30.8. The minimum Gasteiger partial charge on any atom is -0.444 e. The number of hydrogen-bond donors (Lipinski definition) is 4. The van der Waals surface area contributed by atoms with Crippen molar-refractivity contribution in [3.63, 3.8) is 0 Å². The van der Waals surface area contributed by atoms with E-state index in [-0.39, 0.29) is 29.6 Å². The minimum absolute atomic E-state index is 0.0545. The molecule has 31 heavy (non-hydrogen) atoms. The van der Waals surface area contributed by atoms with Crippen LogP contribution in [0.5, 0.6) is 0 Å². The Balaban J connectivity index is 1.78. The summed E-state index contributed by atoms with van der Waals surface area (Å²) >= 11 is 0. The van der Waals surface area contributed by atoms with E-state index in [2.05, 4.69) is 10.6 Å². The number of carbonyl (C=O) groups is 4. The maximum absolute atomic E-state index is 13.3. The van der Waals surface area contributed by atoms with E-state index in [1.807, 2.05) is 13.8 Å². The molecule has 2 unspecified atom stereocenters. The predicted octanol–water partition coefficient (Wildman–Crippen LogP) is -0.265. The Labute approximate surface area is 182 Å². The smallest absolute Gasteiger partial charge is 0.410 e. The molecule has 10 heteroatoms. The predicted molar refractivity (Wildman–Crippen MR) is 110 cm³/mol. The maximum Gasteiger partial charge on any atom is 0.410 e. The van der Waals surface area contributed by atoms with Gasteiger partial charge in [0.15, 0.2) is 6.10 Å². The number of aliphatic hydroxyl groups excluding tert-OH is 1. The number of amides is 4. The van der Waals surface area contributed by atoms with Gasteiger partial charge in [0, 0.05) is 19.0 Å². The summed E-state index contributed by atoms with van der Waals surface area (Å²) in [7, 11) is 0. The zero-order valence-electron chi connectivity index (χ0n) is 18.8. The number of carbonyl (C=O) groups excluding carboxylic acids is 4. The quantitative estimate of drug-likeness (QED) is 0.448. The van der Waals surface area contributed by atoms with Crippen molar-refractivity contribution in [2.45, 2.75) is 71.2 Å². The topological polar surface area (TPSA) is 151 Å². The Kier molecular flexibility index (Phi) is 5.98. The van der Waals surface area contributed by atoms with Crippen molar-refractivity contribution in [2.75, 3.05) is 13.1 Å². The molecule has 0 radical (unpaired) electrons. The average Bonchev–Trinajstić information content (AvgIpc) is 3.00. The lowest BCUT2D eigenvalue weighted by Crippen LogP contribution is -2.57. The van der Waals surface area contributed by atoms with Crippen LogP contribution in [-0.4, -0.2) is 70.7 Å². The number of piperidine rings is 1. The monoisotopic (exact) mass is 438 g/mol. The minimum atomic E-state index is -1.64. The molecule has 10 nitrogen and oxygen atoms in total. The molecule has 3 fully saturated rings. The van der Waals surface area contributed by atoms with Gasteiger partial charge in [0.25, 0.3) is 0 Å². The number of fused-ring (bicyclic) bond motifs is 1. The number of primary amides is 1. The molecule has 0 aromatic heterocycles. The lowest BCUT2D eigenvalue weighted by molar-refractivity contribution is -0.133. The van der Waals surface area contributed by atoms with Gasteiger partial charge in [-0.25, -0.2) is 4.79 Å². The Bertz CT molecular complexity index is 776. The van der Waals surface area contributed by atoms with Crippen molar-refractivity contribution < 1.29 is 29.0 Å². The largest absolute Gasteiger partial charge is 0.444 e. The zero-order valence-corrected chi connectivity index (χ0v) is 18.8. The second-order valence-corrected chi connectivity index (χ2v) is 10.5. The molecule has 3 rings (SSSR count). The third kappa shape index (κ3) is 4.63. The highest BCUT2D eigenvalue weighted by Crippen LogP contribution is 2.65. The number of ether oxygens (including phenoxy) is 1. The fraction of sp³-hybridized carbons (Fsp3) is 0.810. The summed E-state index contributed by atoms with van der Waals surface area (Å²) in [6.45, 7) is 10.3. The highest BCUT2D eigenvalue weighted by molar-refractivity contribution is 5.89. The summed E-state index contributed by atoms with van der Waals surface area (Å²) < 4.78 is 5.48. The van der Waals surface area contributed by atoms with Crippen LogP contribution < -0.4 is 16.4 Å². The van der Waals surface area contributed by atoms with Crippen LogP contribution >= 0.6 is 0 Å². The molecule has 0 spiro atoms. The van der Waals surface area contributed by atoms with Gasteiger partial charge in [-0.3, -0.25) is 19.3 Å². The second kappa shape index (κ2) is 7.96. The number of aliphatic hydroxyl groups is 1. The fourth-order valence-electron chi connectivity index (χ4n) is 5.00. The zero-order chi connectivity index (χ0) is 23.3. The van der Waals surface area contributed by atoms with Crippen LogP contribution in [0.25, 0.3) is 0 Å². The van der Waals surface area contributed by atoms with E-state index in [1.54, 1.807) is 20.8 Å². The maximum atomic E-state index is 13.3.